The summed E-state index contributed by atoms with van der Waals surface area (Å²) in [6.07, 6.45) is 0.737. The normalized spacial score (nSPS) is 18.9. The monoisotopic (exact) mass is 265 g/mol. The molecule has 0 spiro atoms. The summed E-state index contributed by atoms with van der Waals surface area (Å²) >= 11 is 0. The molecule has 104 valence electrons. The molecular weight excluding hydrogens is 246 g/mol. The molecule has 0 bridgehead atoms. The Hall–Kier alpha value is -1.78. The molecule has 19 heavy (non-hydrogen) atoms. The number of aryl methyl sites for hydroxylation is 1. The van der Waals surface area contributed by atoms with Gasteiger partial charge in [0.25, 0.3) is 0 Å². The molecule has 1 saturated heterocycles. The molecule has 1 aromatic rings. The first kappa shape index (κ1) is 13.6. The van der Waals surface area contributed by atoms with Gasteiger partial charge in [0, 0.05) is 24.9 Å². The summed E-state index contributed by atoms with van der Waals surface area (Å²) in [6.45, 7) is 6.78. The minimum Gasteiger partial charge on any atom is -0.488 e. The molecule has 2 heterocycles. The minimum atomic E-state index is -0.414. The van der Waals surface area contributed by atoms with Crippen molar-refractivity contribution in [2.45, 2.75) is 33.3 Å². The van der Waals surface area contributed by atoms with Gasteiger partial charge in [-0.15, -0.1) is 0 Å². The number of nitrogens with zero attached hydrogens (tertiary/aromatic N) is 1. The standard InChI is InChI=1S/C14H19NO4/c1-9(2)14(17)15-5-4-11(8-15)19-12-6-10(3)18-13(16)7-12/h6-7,9,11H,4-5,8H2,1-3H3. The first-order valence-corrected chi connectivity index (χ1v) is 6.53. The molecule has 2 rings (SSSR count). The summed E-state index contributed by atoms with van der Waals surface area (Å²) in [5.74, 6) is 1.19. The number of hydrogen-bond donors (Lipinski definition) is 0. The Morgan fingerprint density at radius 3 is 2.84 bits per heavy atom. The lowest BCUT2D eigenvalue weighted by Gasteiger charge is -2.19. The van der Waals surface area contributed by atoms with E-state index in [1.807, 2.05) is 18.7 Å². The molecule has 1 fully saturated rings. The van der Waals surface area contributed by atoms with Gasteiger partial charge in [0.1, 0.15) is 17.6 Å². The molecule has 1 amide bonds. The summed E-state index contributed by atoms with van der Waals surface area (Å²) in [5.41, 5.74) is -0.414. The van der Waals surface area contributed by atoms with Gasteiger partial charge in [-0.1, -0.05) is 13.8 Å². The zero-order chi connectivity index (χ0) is 14.0. The average molecular weight is 265 g/mol. The van der Waals surface area contributed by atoms with Crippen LogP contribution in [0.5, 0.6) is 5.75 Å². The summed E-state index contributed by atoms with van der Waals surface area (Å²) in [5, 5.41) is 0. The van der Waals surface area contributed by atoms with Gasteiger partial charge in [0.15, 0.2) is 0 Å². The van der Waals surface area contributed by atoms with Crippen molar-refractivity contribution in [3.8, 4) is 5.75 Å². The Balaban J connectivity index is 1.98. The second-order valence-corrected chi connectivity index (χ2v) is 5.19. The number of likely N-dealkylation sites (tertiary alicyclic amines) is 1. The van der Waals surface area contributed by atoms with E-state index < -0.39 is 5.63 Å². The number of ether oxygens (including phenoxy) is 1. The van der Waals surface area contributed by atoms with Crippen molar-refractivity contribution in [1.82, 2.24) is 4.90 Å². The molecule has 0 saturated carbocycles. The number of amides is 1. The van der Waals surface area contributed by atoms with Gasteiger partial charge in [-0.05, 0) is 6.92 Å². The van der Waals surface area contributed by atoms with Gasteiger partial charge in [0.05, 0.1) is 12.6 Å². The predicted octanol–water partition coefficient (Wildman–Crippen LogP) is 1.58. The largest absolute Gasteiger partial charge is 0.488 e. The summed E-state index contributed by atoms with van der Waals surface area (Å²) in [7, 11) is 0. The number of rotatable bonds is 3. The molecule has 5 heteroatoms. The van der Waals surface area contributed by atoms with Crippen molar-refractivity contribution in [1.29, 1.82) is 0 Å². The fourth-order valence-corrected chi connectivity index (χ4v) is 2.23. The number of carbonyl (C=O) groups excluding carboxylic acids is 1. The molecule has 0 N–H and O–H groups in total. The summed E-state index contributed by atoms with van der Waals surface area (Å²) < 4.78 is 10.6. The molecule has 1 aliphatic heterocycles. The first-order valence-electron chi connectivity index (χ1n) is 6.53. The SMILES string of the molecule is Cc1cc(OC2CCN(C(=O)C(C)C)C2)cc(=O)o1. The van der Waals surface area contributed by atoms with E-state index in [9.17, 15) is 9.59 Å². The number of hydrogen-bond acceptors (Lipinski definition) is 4. The highest BCUT2D eigenvalue weighted by Gasteiger charge is 2.28. The van der Waals surface area contributed by atoms with Gasteiger partial charge in [0.2, 0.25) is 5.91 Å². The van der Waals surface area contributed by atoms with Crippen LogP contribution in [-0.2, 0) is 4.79 Å². The van der Waals surface area contributed by atoms with Crippen LogP contribution in [0.4, 0.5) is 0 Å². The Morgan fingerprint density at radius 2 is 2.21 bits per heavy atom. The predicted molar refractivity (Wildman–Crippen MR) is 70.2 cm³/mol. The van der Waals surface area contributed by atoms with Crippen molar-refractivity contribution in [3.05, 3.63) is 28.3 Å². The molecule has 0 aliphatic carbocycles. The third kappa shape index (κ3) is 3.36. The fourth-order valence-electron chi connectivity index (χ4n) is 2.23. The van der Waals surface area contributed by atoms with Crippen LogP contribution >= 0.6 is 0 Å². The second-order valence-electron chi connectivity index (χ2n) is 5.19. The van der Waals surface area contributed by atoms with Crippen LogP contribution in [0.1, 0.15) is 26.0 Å². The quantitative estimate of drug-likeness (QED) is 0.832. The Kier molecular flexibility index (Phi) is 3.93. The van der Waals surface area contributed by atoms with E-state index in [4.69, 9.17) is 9.15 Å². The topological polar surface area (TPSA) is 59.8 Å². The highest BCUT2D eigenvalue weighted by atomic mass is 16.5. The lowest BCUT2D eigenvalue weighted by molar-refractivity contribution is -0.133. The zero-order valence-electron chi connectivity index (χ0n) is 11.5. The van der Waals surface area contributed by atoms with Crippen LogP contribution in [0.2, 0.25) is 0 Å². The molecule has 1 aliphatic rings. The third-order valence-corrected chi connectivity index (χ3v) is 3.12. The Bertz CT molecular complexity index is 520. The van der Waals surface area contributed by atoms with E-state index in [2.05, 4.69) is 0 Å². The molecular formula is C14H19NO4. The third-order valence-electron chi connectivity index (χ3n) is 3.12. The summed E-state index contributed by atoms with van der Waals surface area (Å²) in [6, 6.07) is 3.02. The average Bonchev–Trinajstić information content (AvgIpc) is 2.74. The molecule has 0 aromatic carbocycles. The van der Waals surface area contributed by atoms with Gasteiger partial charge < -0.3 is 14.1 Å². The molecule has 1 aromatic heterocycles. The van der Waals surface area contributed by atoms with Crippen LogP contribution in [0.15, 0.2) is 21.3 Å². The van der Waals surface area contributed by atoms with Crippen molar-refractivity contribution in [2.75, 3.05) is 13.1 Å². The molecule has 1 unspecified atom stereocenters. The van der Waals surface area contributed by atoms with E-state index in [-0.39, 0.29) is 17.9 Å². The van der Waals surface area contributed by atoms with Crippen LogP contribution in [0, 0.1) is 12.8 Å². The van der Waals surface area contributed by atoms with Crippen LogP contribution in [-0.4, -0.2) is 30.0 Å². The van der Waals surface area contributed by atoms with Gasteiger partial charge in [-0.2, -0.15) is 0 Å². The lowest BCUT2D eigenvalue weighted by atomic mass is 10.2. The smallest absolute Gasteiger partial charge is 0.339 e. The Labute approximate surface area is 112 Å². The lowest BCUT2D eigenvalue weighted by Crippen LogP contribution is -2.33. The second kappa shape index (κ2) is 5.47. The van der Waals surface area contributed by atoms with E-state index in [0.29, 0.717) is 24.6 Å². The maximum absolute atomic E-state index is 11.9. The van der Waals surface area contributed by atoms with Crippen molar-refractivity contribution in [3.63, 3.8) is 0 Å². The molecule has 1 atom stereocenters. The van der Waals surface area contributed by atoms with E-state index in [1.54, 1.807) is 13.0 Å². The maximum Gasteiger partial charge on any atom is 0.339 e. The van der Waals surface area contributed by atoms with Crippen molar-refractivity contribution in [2.24, 2.45) is 5.92 Å². The number of carbonyl (C=O) groups is 1. The van der Waals surface area contributed by atoms with Gasteiger partial charge >= 0.3 is 5.63 Å². The molecule has 5 nitrogen and oxygen atoms in total. The highest BCUT2D eigenvalue weighted by Crippen LogP contribution is 2.19. The minimum absolute atomic E-state index is 0.00441. The van der Waals surface area contributed by atoms with Crippen LogP contribution < -0.4 is 10.4 Å². The fraction of sp³-hybridized carbons (Fsp3) is 0.571. The van der Waals surface area contributed by atoms with Gasteiger partial charge in [-0.25, -0.2) is 4.79 Å². The highest BCUT2D eigenvalue weighted by molar-refractivity contribution is 5.78. The Morgan fingerprint density at radius 1 is 1.47 bits per heavy atom. The zero-order valence-corrected chi connectivity index (χ0v) is 11.5. The van der Waals surface area contributed by atoms with Crippen LogP contribution in [0.3, 0.4) is 0 Å². The first-order chi connectivity index (χ1) is 8.95. The van der Waals surface area contributed by atoms with E-state index in [1.165, 1.54) is 6.07 Å². The van der Waals surface area contributed by atoms with Crippen LogP contribution in [0.25, 0.3) is 0 Å². The maximum atomic E-state index is 11.9. The van der Waals surface area contributed by atoms with E-state index >= 15 is 0 Å². The van der Waals surface area contributed by atoms with Gasteiger partial charge in [-0.3, -0.25) is 4.79 Å². The van der Waals surface area contributed by atoms with Crippen molar-refractivity contribution >= 4 is 5.91 Å². The summed E-state index contributed by atoms with van der Waals surface area (Å²) in [4.78, 5) is 24.9. The molecule has 0 radical (unpaired) electrons. The van der Waals surface area contributed by atoms with Crippen molar-refractivity contribution < 1.29 is 13.9 Å². The van der Waals surface area contributed by atoms with E-state index in [0.717, 1.165) is 6.42 Å².